The van der Waals surface area contributed by atoms with Gasteiger partial charge >= 0.3 is 0 Å². The highest BCUT2D eigenvalue weighted by molar-refractivity contribution is 5.47. The van der Waals surface area contributed by atoms with Crippen LogP contribution in [0.15, 0.2) is 24.3 Å². The molecule has 0 spiro atoms. The van der Waals surface area contributed by atoms with Crippen molar-refractivity contribution in [2.24, 2.45) is 0 Å². The van der Waals surface area contributed by atoms with Gasteiger partial charge in [-0.1, -0.05) is 12.1 Å². The summed E-state index contributed by atoms with van der Waals surface area (Å²) in [5, 5.41) is 9.44. The van der Waals surface area contributed by atoms with E-state index in [-0.39, 0.29) is 6.61 Å². The van der Waals surface area contributed by atoms with Crippen molar-refractivity contribution in [2.45, 2.75) is 25.4 Å². The lowest BCUT2D eigenvalue weighted by molar-refractivity contribution is 0.0941. The number of anilines is 1. The van der Waals surface area contributed by atoms with Gasteiger partial charge in [-0.25, -0.2) is 0 Å². The van der Waals surface area contributed by atoms with Crippen LogP contribution in [0.2, 0.25) is 0 Å². The van der Waals surface area contributed by atoms with Crippen molar-refractivity contribution in [3.63, 3.8) is 0 Å². The van der Waals surface area contributed by atoms with Gasteiger partial charge in [-0.3, -0.25) is 4.90 Å². The molecule has 2 heterocycles. The van der Waals surface area contributed by atoms with Crippen molar-refractivity contribution < 1.29 is 9.84 Å². The zero-order valence-electron chi connectivity index (χ0n) is 14.9. The summed E-state index contributed by atoms with van der Waals surface area (Å²) in [6.45, 7) is 7.84. The predicted molar refractivity (Wildman–Crippen MR) is 97.5 cm³/mol. The Labute approximate surface area is 145 Å². The second kappa shape index (κ2) is 8.81. The summed E-state index contributed by atoms with van der Waals surface area (Å²) in [6, 6.07) is 9.53. The van der Waals surface area contributed by atoms with Crippen LogP contribution in [-0.4, -0.2) is 80.5 Å². The molecule has 1 N–H and O–H groups in total. The van der Waals surface area contributed by atoms with Gasteiger partial charge in [0.25, 0.3) is 0 Å². The van der Waals surface area contributed by atoms with Crippen LogP contribution in [0.4, 0.5) is 5.69 Å². The zero-order valence-corrected chi connectivity index (χ0v) is 14.9. The van der Waals surface area contributed by atoms with E-state index in [1.165, 1.54) is 24.1 Å². The number of ether oxygens (including phenoxy) is 1. The van der Waals surface area contributed by atoms with Gasteiger partial charge in [0, 0.05) is 37.9 Å². The van der Waals surface area contributed by atoms with Crippen molar-refractivity contribution in [3.05, 3.63) is 29.8 Å². The maximum Gasteiger partial charge on any atom is 0.0642 e. The van der Waals surface area contributed by atoms with Crippen molar-refractivity contribution >= 4 is 5.69 Å². The molecule has 134 valence electrons. The normalized spacial score (nSPS) is 20.7. The summed E-state index contributed by atoms with van der Waals surface area (Å²) in [5.41, 5.74) is 2.62. The topological polar surface area (TPSA) is 39.2 Å². The summed E-state index contributed by atoms with van der Waals surface area (Å²) in [7, 11) is 2.19. The van der Waals surface area contributed by atoms with Crippen LogP contribution >= 0.6 is 0 Å². The molecule has 0 aromatic heterocycles. The second-order valence-corrected chi connectivity index (χ2v) is 6.99. The first-order valence-electron chi connectivity index (χ1n) is 9.21. The summed E-state index contributed by atoms with van der Waals surface area (Å²) >= 11 is 0. The molecule has 1 aromatic rings. The molecule has 2 fully saturated rings. The standard InChI is InChI=1S/C19H31N3O2/c1-20-8-6-19(7-9-20)22(10-13-23)16-17-2-4-18(5-3-17)21-11-14-24-15-12-21/h2-5,19,23H,6-16H2,1H3. The lowest BCUT2D eigenvalue weighted by Crippen LogP contribution is -2.44. The van der Waals surface area contributed by atoms with Crippen LogP contribution in [0.5, 0.6) is 0 Å². The smallest absolute Gasteiger partial charge is 0.0642 e. The van der Waals surface area contributed by atoms with Gasteiger partial charge in [-0.2, -0.15) is 0 Å². The van der Waals surface area contributed by atoms with E-state index in [0.717, 1.165) is 52.5 Å². The summed E-state index contributed by atoms with van der Waals surface area (Å²) in [5.74, 6) is 0. The van der Waals surface area contributed by atoms with Crippen LogP contribution in [0.25, 0.3) is 0 Å². The minimum atomic E-state index is 0.234. The molecule has 2 aliphatic rings. The number of rotatable bonds is 6. The molecule has 0 radical (unpaired) electrons. The first kappa shape index (κ1) is 17.7. The lowest BCUT2D eigenvalue weighted by Gasteiger charge is -2.37. The quantitative estimate of drug-likeness (QED) is 0.852. The number of nitrogens with zero attached hydrogens (tertiary/aromatic N) is 3. The molecule has 5 nitrogen and oxygen atoms in total. The Kier molecular flexibility index (Phi) is 6.49. The Morgan fingerprint density at radius 1 is 1.08 bits per heavy atom. The third-order valence-electron chi connectivity index (χ3n) is 5.29. The number of aliphatic hydroxyl groups is 1. The van der Waals surface area contributed by atoms with Crippen LogP contribution in [-0.2, 0) is 11.3 Å². The Morgan fingerprint density at radius 3 is 2.38 bits per heavy atom. The molecule has 5 heteroatoms. The molecule has 2 saturated heterocycles. The van der Waals surface area contributed by atoms with E-state index < -0.39 is 0 Å². The van der Waals surface area contributed by atoms with Gasteiger partial charge in [-0.15, -0.1) is 0 Å². The van der Waals surface area contributed by atoms with Gasteiger partial charge in [0.15, 0.2) is 0 Å². The molecule has 2 aliphatic heterocycles. The van der Waals surface area contributed by atoms with E-state index in [1.54, 1.807) is 0 Å². The van der Waals surface area contributed by atoms with Crippen molar-refractivity contribution in [1.29, 1.82) is 0 Å². The lowest BCUT2D eigenvalue weighted by atomic mass is 10.0. The number of hydrogen-bond donors (Lipinski definition) is 1. The van der Waals surface area contributed by atoms with Crippen LogP contribution in [0, 0.1) is 0 Å². The van der Waals surface area contributed by atoms with E-state index in [0.29, 0.717) is 6.04 Å². The minimum absolute atomic E-state index is 0.234. The molecule has 0 aliphatic carbocycles. The van der Waals surface area contributed by atoms with Crippen molar-refractivity contribution in [2.75, 3.05) is 64.5 Å². The van der Waals surface area contributed by atoms with Gasteiger partial charge in [0.05, 0.1) is 19.8 Å². The molecule has 0 bridgehead atoms. The molecule has 1 aromatic carbocycles. The molecule has 3 rings (SSSR count). The molecular weight excluding hydrogens is 302 g/mol. The average molecular weight is 333 g/mol. The van der Waals surface area contributed by atoms with Gasteiger partial charge in [0.1, 0.15) is 0 Å². The Balaban J connectivity index is 1.59. The van der Waals surface area contributed by atoms with Crippen LogP contribution in [0.1, 0.15) is 18.4 Å². The monoisotopic (exact) mass is 333 g/mol. The molecule has 0 atom stereocenters. The van der Waals surface area contributed by atoms with Gasteiger partial charge < -0.3 is 19.6 Å². The molecule has 0 saturated carbocycles. The van der Waals surface area contributed by atoms with Crippen molar-refractivity contribution in [1.82, 2.24) is 9.80 Å². The Morgan fingerprint density at radius 2 is 1.75 bits per heavy atom. The predicted octanol–water partition coefficient (Wildman–Crippen LogP) is 1.41. The fraction of sp³-hybridized carbons (Fsp3) is 0.684. The average Bonchev–Trinajstić information content (AvgIpc) is 2.63. The second-order valence-electron chi connectivity index (χ2n) is 6.99. The Hall–Kier alpha value is -1.14. The zero-order chi connectivity index (χ0) is 16.8. The number of hydrogen-bond acceptors (Lipinski definition) is 5. The minimum Gasteiger partial charge on any atom is -0.395 e. The van der Waals surface area contributed by atoms with Crippen LogP contribution in [0.3, 0.4) is 0 Å². The van der Waals surface area contributed by atoms with Crippen molar-refractivity contribution in [3.8, 4) is 0 Å². The largest absolute Gasteiger partial charge is 0.395 e. The fourth-order valence-corrected chi connectivity index (χ4v) is 3.75. The first-order valence-corrected chi connectivity index (χ1v) is 9.21. The fourth-order valence-electron chi connectivity index (χ4n) is 3.75. The Bertz CT molecular complexity index is 480. The van der Waals surface area contributed by atoms with E-state index in [2.05, 4.69) is 46.0 Å². The maximum absolute atomic E-state index is 9.44. The first-order chi connectivity index (χ1) is 11.8. The number of benzene rings is 1. The highest BCUT2D eigenvalue weighted by Crippen LogP contribution is 2.21. The van der Waals surface area contributed by atoms with E-state index in [1.807, 2.05) is 0 Å². The maximum atomic E-state index is 9.44. The molecule has 24 heavy (non-hydrogen) atoms. The van der Waals surface area contributed by atoms with E-state index in [4.69, 9.17) is 4.74 Å². The van der Waals surface area contributed by atoms with Gasteiger partial charge in [-0.05, 0) is 50.7 Å². The molecule has 0 amide bonds. The number of piperidine rings is 1. The number of likely N-dealkylation sites (tertiary alicyclic amines) is 1. The van der Waals surface area contributed by atoms with E-state index in [9.17, 15) is 5.11 Å². The third kappa shape index (κ3) is 4.70. The highest BCUT2D eigenvalue weighted by Gasteiger charge is 2.23. The SMILES string of the molecule is CN1CCC(N(CCO)Cc2ccc(N3CCOCC3)cc2)CC1. The van der Waals surface area contributed by atoms with E-state index >= 15 is 0 Å². The number of morpholine rings is 1. The number of aliphatic hydroxyl groups excluding tert-OH is 1. The summed E-state index contributed by atoms with van der Waals surface area (Å²) < 4.78 is 5.42. The summed E-state index contributed by atoms with van der Waals surface area (Å²) in [4.78, 5) is 7.23. The molecular formula is C19H31N3O2. The summed E-state index contributed by atoms with van der Waals surface area (Å²) in [6.07, 6.45) is 2.39. The van der Waals surface area contributed by atoms with Gasteiger partial charge in [0.2, 0.25) is 0 Å². The van der Waals surface area contributed by atoms with Crippen LogP contribution < -0.4 is 4.90 Å². The highest BCUT2D eigenvalue weighted by atomic mass is 16.5. The molecule has 0 unspecified atom stereocenters. The third-order valence-corrected chi connectivity index (χ3v) is 5.29.